The van der Waals surface area contributed by atoms with Gasteiger partial charge in [-0.1, -0.05) is 12.1 Å². The SMILES string of the molecule is Cc1ccc(C)c(N2C(=O)c3ccc(C(=O)N4CCC(N)CC4)cc3C2=O)c1.Cl. The Morgan fingerprint density at radius 3 is 2.31 bits per heavy atom. The summed E-state index contributed by atoms with van der Waals surface area (Å²) >= 11 is 0. The first-order chi connectivity index (χ1) is 13.4. The molecule has 0 unspecified atom stereocenters. The van der Waals surface area contributed by atoms with Gasteiger partial charge >= 0.3 is 0 Å². The van der Waals surface area contributed by atoms with Crippen molar-refractivity contribution >= 4 is 35.8 Å². The Labute approximate surface area is 176 Å². The zero-order chi connectivity index (χ0) is 20.0. The Hall–Kier alpha value is -2.70. The fraction of sp³-hybridized carbons (Fsp3) is 0.318. The van der Waals surface area contributed by atoms with Crippen LogP contribution in [0.1, 0.15) is 55.0 Å². The molecule has 3 amide bonds. The lowest BCUT2D eigenvalue weighted by Crippen LogP contribution is -2.42. The summed E-state index contributed by atoms with van der Waals surface area (Å²) in [6.45, 7) is 5.01. The molecule has 6 nitrogen and oxygen atoms in total. The number of amides is 3. The summed E-state index contributed by atoms with van der Waals surface area (Å²) in [6, 6.07) is 10.6. The number of imide groups is 1. The van der Waals surface area contributed by atoms with E-state index in [0.717, 1.165) is 24.0 Å². The van der Waals surface area contributed by atoms with Crippen molar-refractivity contribution in [2.24, 2.45) is 5.73 Å². The van der Waals surface area contributed by atoms with E-state index in [9.17, 15) is 14.4 Å². The average Bonchev–Trinajstić information content (AvgIpc) is 2.94. The maximum atomic E-state index is 13.0. The third-order valence-electron chi connectivity index (χ3n) is 5.57. The van der Waals surface area contributed by atoms with E-state index in [4.69, 9.17) is 5.73 Å². The molecule has 4 rings (SSSR count). The molecule has 2 N–H and O–H groups in total. The molecule has 1 fully saturated rings. The van der Waals surface area contributed by atoms with Gasteiger partial charge in [-0.05, 0) is 62.1 Å². The second-order valence-corrected chi connectivity index (χ2v) is 7.63. The van der Waals surface area contributed by atoms with E-state index in [0.29, 0.717) is 29.9 Å². The third kappa shape index (κ3) is 3.66. The van der Waals surface area contributed by atoms with Gasteiger partial charge in [0, 0.05) is 24.7 Å². The third-order valence-corrected chi connectivity index (χ3v) is 5.57. The highest BCUT2D eigenvalue weighted by molar-refractivity contribution is 6.35. The summed E-state index contributed by atoms with van der Waals surface area (Å²) in [5.41, 5.74) is 9.36. The number of anilines is 1. The summed E-state index contributed by atoms with van der Waals surface area (Å²) < 4.78 is 0. The fourth-order valence-corrected chi connectivity index (χ4v) is 3.84. The molecule has 2 aliphatic heterocycles. The zero-order valence-corrected chi connectivity index (χ0v) is 17.3. The van der Waals surface area contributed by atoms with Crippen LogP contribution in [0.5, 0.6) is 0 Å². The van der Waals surface area contributed by atoms with E-state index in [-0.39, 0.29) is 41.7 Å². The molecule has 1 saturated heterocycles. The van der Waals surface area contributed by atoms with E-state index in [1.54, 1.807) is 23.1 Å². The molecule has 29 heavy (non-hydrogen) atoms. The average molecular weight is 414 g/mol. The van der Waals surface area contributed by atoms with Crippen molar-refractivity contribution in [2.75, 3.05) is 18.0 Å². The predicted octanol–water partition coefficient (Wildman–Crippen LogP) is 3.09. The summed E-state index contributed by atoms with van der Waals surface area (Å²) in [5.74, 6) is -0.860. The molecule has 0 aliphatic carbocycles. The Bertz CT molecular complexity index is 997. The lowest BCUT2D eigenvalue weighted by molar-refractivity contribution is 0.0714. The molecule has 2 aliphatic rings. The number of rotatable bonds is 2. The summed E-state index contributed by atoms with van der Waals surface area (Å²) in [7, 11) is 0. The van der Waals surface area contributed by atoms with Crippen molar-refractivity contribution in [2.45, 2.75) is 32.7 Å². The number of hydrogen-bond donors (Lipinski definition) is 1. The first kappa shape index (κ1) is 21.0. The predicted molar refractivity (Wildman–Crippen MR) is 114 cm³/mol. The van der Waals surface area contributed by atoms with E-state index < -0.39 is 0 Å². The number of carbonyl (C=O) groups is 3. The van der Waals surface area contributed by atoms with Crippen LogP contribution in [0.2, 0.25) is 0 Å². The lowest BCUT2D eigenvalue weighted by atomic mass is 10.0. The van der Waals surface area contributed by atoms with Crippen LogP contribution in [0, 0.1) is 13.8 Å². The number of nitrogens with zero attached hydrogens (tertiary/aromatic N) is 2. The Morgan fingerprint density at radius 1 is 0.966 bits per heavy atom. The van der Waals surface area contributed by atoms with Crippen LogP contribution in [-0.4, -0.2) is 41.8 Å². The Morgan fingerprint density at radius 2 is 1.62 bits per heavy atom. The maximum absolute atomic E-state index is 13.0. The zero-order valence-electron chi connectivity index (χ0n) is 16.5. The molecular weight excluding hydrogens is 390 g/mol. The summed E-state index contributed by atoms with van der Waals surface area (Å²) in [6.07, 6.45) is 1.54. The molecule has 0 radical (unpaired) electrons. The Balaban J connectivity index is 0.00000240. The molecule has 2 heterocycles. The van der Waals surface area contributed by atoms with E-state index in [2.05, 4.69) is 0 Å². The largest absolute Gasteiger partial charge is 0.339 e. The molecule has 0 bridgehead atoms. The number of carbonyl (C=O) groups excluding carboxylic acids is 3. The van der Waals surface area contributed by atoms with E-state index in [1.807, 2.05) is 32.0 Å². The first-order valence-corrected chi connectivity index (χ1v) is 9.52. The van der Waals surface area contributed by atoms with Crippen LogP contribution in [0.15, 0.2) is 36.4 Å². The van der Waals surface area contributed by atoms with Crippen molar-refractivity contribution in [1.29, 1.82) is 0 Å². The maximum Gasteiger partial charge on any atom is 0.266 e. The first-order valence-electron chi connectivity index (χ1n) is 9.52. The molecule has 7 heteroatoms. The van der Waals surface area contributed by atoms with Crippen molar-refractivity contribution in [1.82, 2.24) is 4.90 Å². The minimum absolute atomic E-state index is 0. The van der Waals surface area contributed by atoms with Gasteiger partial charge in [0.15, 0.2) is 0 Å². The molecule has 0 saturated carbocycles. The molecule has 0 atom stereocenters. The minimum Gasteiger partial charge on any atom is -0.339 e. The fourth-order valence-electron chi connectivity index (χ4n) is 3.84. The smallest absolute Gasteiger partial charge is 0.266 e. The highest BCUT2D eigenvalue weighted by Gasteiger charge is 2.38. The second kappa shape index (κ2) is 7.97. The van der Waals surface area contributed by atoms with Gasteiger partial charge in [0.25, 0.3) is 17.7 Å². The number of halogens is 1. The quantitative estimate of drug-likeness (QED) is 0.767. The normalized spacial score (nSPS) is 16.7. The molecule has 2 aromatic rings. The highest BCUT2D eigenvalue weighted by atomic mass is 35.5. The molecule has 0 spiro atoms. The van der Waals surface area contributed by atoms with Crippen LogP contribution in [0.4, 0.5) is 5.69 Å². The number of hydrogen-bond acceptors (Lipinski definition) is 4. The molecule has 152 valence electrons. The van der Waals surface area contributed by atoms with Gasteiger partial charge in [-0.3, -0.25) is 14.4 Å². The van der Waals surface area contributed by atoms with Gasteiger partial charge < -0.3 is 10.6 Å². The second-order valence-electron chi connectivity index (χ2n) is 7.63. The standard InChI is InChI=1S/C22H23N3O3.ClH/c1-13-3-4-14(2)19(11-13)25-21(27)17-6-5-15(12-18(17)22(25)28)20(26)24-9-7-16(23)8-10-24;/h3-6,11-12,16H,7-10,23H2,1-2H3;1H. The van der Waals surface area contributed by atoms with Gasteiger partial charge in [-0.2, -0.15) is 0 Å². The number of nitrogens with two attached hydrogens (primary N) is 1. The number of likely N-dealkylation sites (tertiary alicyclic amines) is 1. The van der Waals surface area contributed by atoms with Gasteiger partial charge in [-0.25, -0.2) is 4.90 Å². The topological polar surface area (TPSA) is 83.7 Å². The molecular formula is C22H24ClN3O3. The molecule has 2 aromatic carbocycles. The highest BCUT2D eigenvalue weighted by Crippen LogP contribution is 2.32. The van der Waals surface area contributed by atoms with Crippen LogP contribution < -0.4 is 10.6 Å². The van der Waals surface area contributed by atoms with Gasteiger partial charge in [0.1, 0.15) is 0 Å². The van der Waals surface area contributed by atoms with E-state index >= 15 is 0 Å². The number of fused-ring (bicyclic) bond motifs is 1. The number of benzene rings is 2. The summed E-state index contributed by atoms with van der Waals surface area (Å²) in [5, 5.41) is 0. The van der Waals surface area contributed by atoms with Crippen molar-refractivity contribution in [3.8, 4) is 0 Å². The van der Waals surface area contributed by atoms with Crippen LogP contribution in [-0.2, 0) is 0 Å². The van der Waals surface area contributed by atoms with E-state index in [1.165, 1.54) is 4.90 Å². The monoisotopic (exact) mass is 413 g/mol. The van der Waals surface area contributed by atoms with Crippen LogP contribution in [0.3, 0.4) is 0 Å². The molecule has 0 aromatic heterocycles. The number of piperidine rings is 1. The van der Waals surface area contributed by atoms with Crippen molar-refractivity contribution < 1.29 is 14.4 Å². The van der Waals surface area contributed by atoms with Gasteiger partial charge in [0.2, 0.25) is 0 Å². The Kier molecular flexibility index (Phi) is 5.78. The van der Waals surface area contributed by atoms with Crippen molar-refractivity contribution in [3.05, 3.63) is 64.2 Å². The number of aryl methyl sites for hydroxylation is 2. The van der Waals surface area contributed by atoms with Crippen LogP contribution in [0.25, 0.3) is 0 Å². The lowest BCUT2D eigenvalue weighted by Gasteiger charge is -2.30. The summed E-state index contributed by atoms with van der Waals surface area (Å²) in [4.78, 5) is 41.7. The minimum atomic E-state index is -0.385. The van der Waals surface area contributed by atoms with Gasteiger partial charge in [0.05, 0.1) is 16.8 Å². The van der Waals surface area contributed by atoms with Gasteiger partial charge in [-0.15, -0.1) is 12.4 Å². The van der Waals surface area contributed by atoms with Crippen LogP contribution >= 0.6 is 12.4 Å². The van der Waals surface area contributed by atoms with Crippen molar-refractivity contribution in [3.63, 3.8) is 0 Å².